The number of hydrogen-bond acceptors (Lipinski definition) is 3. The van der Waals surface area contributed by atoms with Gasteiger partial charge in [0, 0.05) is 12.3 Å². The van der Waals surface area contributed by atoms with E-state index in [9.17, 15) is 0 Å². The van der Waals surface area contributed by atoms with Crippen molar-refractivity contribution in [2.75, 3.05) is 5.01 Å². The van der Waals surface area contributed by atoms with Crippen molar-refractivity contribution in [1.82, 2.24) is 4.98 Å². The number of anilines is 2. The highest BCUT2D eigenvalue weighted by Crippen LogP contribution is 2.30. The van der Waals surface area contributed by atoms with Gasteiger partial charge in [-0.3, -0.25) is 5.01 Å². The maximum absolute atomic E-state index is 5.41. The molecule has 0 saturated carbocycles. The molecule has 40 valence electrons. The number of nitrogens with two attached hydrogens (primary N) is 1. The molecule has 3 rings (SSSR count). The van der Waals surface area contributed by atoms with Crippen molar-refractivity contribution in [3.8, 4) is 0 Å². The molecule has 3 heteroatoms. The highest BCUT2D eigenvalue weighted by atomic mass is 15.5. The molecule has 2 aliphatic rings. The van der Waals surface area contributed by atoms with Crippen molar-refractivity contribution in [2.24, 2.45) is 5.84 Å². The minimum Gasteiger partial charge on any atom is -0.262 e. The van der Waals surface area contributed by atoms with E-state index < -0.39 is 0 Å². The SMILES string of the molecule is NN1c2ccnc1c2. The van der Waals surface area contributed by atoms with Crippen molar-refractivity contribution < 1.29 is 0 Å². The summed E-state index contributed by atoms with van der Waals surface area (Å²) < 4.78 is 0. The summed E-state index contributed by atoms with van der Waals surface area (Å²) in [4.78, 5) is 3.94. The van der Waals surface area contributed by atoms with Gasteiger partial charge in [0.05, 0.1) is 5.69 Å². The third-order valence-corrected chi connectivity index (χ3v) is 1.25. The molecule has 0 fully saturated rings. The molecule has 8 heavy (non-hydrogen) atoms. The number of hydrazine groups is 1. The molecule has 3 heterocycles. The quantitative estimate of drug-likeness (QED) is 0.488. The number of rotatable bonds is 0. The maximum Gasteiger partial charge on any atom is 0.149 e. The zero-order valence-corrected chi connectivity index (χ0v) is 4.20. The van der Waals surface area contributed by atoms with Gasteiger partial charge in [-0.05, 0) is 6.07 Å². The highest BCUT2D eigenvalue weighted by Gasteiger charge is 2.15. The van der Waals surface area contributed by atoms with Crippen LogP contribution >= 0.6 is 0 Å². The Morgan fingerprint density at radius 3 is 2.75 bits per heavy atom. The number of fused-ring (bicyclic) bond motifs is 2. The molecule has 2 bridgehead atoms. The van der Waals surface area contributed by atoms with E-state index in [0.29, 0.717) is 0 Å². The molecule has 2 aliphatic heterocycles. The Hall–Kier alpha value is -1.09. The summed E-state index contributed by atoms with van der Waals surface area (Å²) in [5, 5.41) is 1.56. The predicted octanol–water partition coefficient (Wildman–Crippen LogP) is 0.407. The Bertz CT molecular complexity index is 194. The van der Waals surface area contributed by atoms with Gasteiger partial charge in [0.1, 0.15) is 5.82 Å². The van der Waals surface area contributed by atoms with Crippen LogP contribution in [0.25, 0.3) is 0 Å². The normalized spacial score (nSPS) is 13.4. The van der Waals surface area contributed by atoms with Crippen LogP contribution in [0, 0.1) is 0 Å². The first-order valence-corrected chi connectivity index (χ1v) is 2.39. The average molecular weight is 107 g/mol. The molecule has 3 nitrogen and oxygen atoms in total. The minimum absolute atomic E-state index is 0.850. The van der Waals surface area contributed by atoms with E-state index in [1.54, 1.807) is 11.2 Å². The summed E-state index contributed by atoms with van der Waals surface area (Å²) in [6.07, 6.45) is 1.74. The van der Waals surface area contributed by atoms with Crippen molar-refractivity contribution >= 4 is 11.5 Å². The molecule has 0 saturated heterocycles. The van der Waals surface area contributed by atoms with Gasteiger partial charge in [-0.2, -0.15) is 0 Å². The average Bonchev–Trinajstić information content (AvgIpc) is 1.89. The molecular weight excluding hydrogens is 102 g/mol. The predicted molar refractivity (Wildman–Crippen MR) is 30.6 cm³/mol. The lowest BCUT2D eigenvalue weighted by molar-refractivity contribution is 0.978. The van der Waals surface area contributed by atoms with Crippen LogP contribution in [0.15, 0.2) is 18.3 Å². The van der Waals surface area contributed by atoms with Gasteiger partial charge in [-0.1, -0.05) is 0 Å². The Labute approximate surface area is 46.7 Å². The van der Waals surface area contributed by atoms with Crippen molar-refractivity contribution in [1.29, 1.82) is 0 Å². The van der Waals surface area contributed by atoms with Crippen LogP contribution in [0.5, 0.6) is 0 Å². The van der Waals surface area contributed by atoms with Crippen LogP contribution in [0.2, 0.25) is 0 Å². The van der Waals surface area contributed by atoms with Gasteiger partial charge in [0.15, 0.2) is 0 Å². The van der Waals surface area contributed by atoms with Crippen LogP contribution in [0.4, 0.5) is 11.5 Å². The van der Waals surface area contributed by atoms with E-state index in [0.717, 1.165) is 11.5 Å². The standard InChI is InChI=1S/C5H5N3/c6-8-4-1-2-7-5(8)3-4/h1-3H,6H2. The topological polar surface area (TPSA) is 42.1 Å². The van der Waals surface area contributed by atoms with Crippen LogP contribution in [-0.4, -0.2) is 4.98 Å². The van der Waals surface area contributed by atoms with Crippen LogP contribution in [-0.2, 0) is 0 Å². The van der Waals surface area contributed by atoms with Crippen LogP contribution in [0.1, 0.15) is 0 Å². The van der Waals surface area contributed by atoms with E-state index in [1.807, 2.05) is 12.1 Å². The van der Waals surface area contributed by atoms with E-state index in [-0.39, 0.29) is 0 Å². The van der Waals surface area contributed by atoms with Gasteiger partial charge in [0.2, 0.25) is 0 Å². The summed E-state index contributed by atoms with van der Waals surface area (Å²) in [7, 11) is 0. The zero-order chi connectivity index (χ0) is 5.56. The Kier molecular flexibility index (Phi) is 0.484. The second-order valence-electron chi connectivity index (χ2n) is 1.74. The molecule has 2 N–H and O–H groups in total. The fraction of sp³-hybridized carbons (Fsp3) is 0. The Morgan fingerprint density at radius 2 is 2.50 bits per heavy atom. The summed E-state index contributed by atoms with van der Waals surface area (Å²) in [6.45, 7) is 0. The number of nitrogens with zero attached hydrogens (tertiary/aromatic N) is 2. The summed E-state index contributed by atoms with van der Waals surface area (Å²) >= 11 is 0. The number of aromatic nitrogens is 1. The largest absolute Gasteiger partial charge is 0.262 e. The Balaban J connectivity index is 2.64. The Morgan fingerprint density at radius 1 is 1.62 bits per heavy atom. The van der Waals surface area contributed by atoms with Crippen molar-refractivity contribution in [3.63, 3.8) is 0 Å². The molecule has 0 atom stereocenters. The molecule has 0 unspecified atom stereocenters. The summed E-state index contributed by atoms with van der Waals surface area (Å²) in [6, 6.07) is 3.80. The molecule has 0 amide bonds. The minimum atomic E-state index is 0.850. The number of hydrogen-bond donors (Lipinski definition) is 1. The lowest BCUT2D eigenvalue weighted by Crippen LogP contribution is -2.31. The van der Waals surface area contributed by atoms with Crippen LogP contribution < -0.4 is 10.9 Å². The highest BCUT2D eigenvalue weighted by molar-refractivity contribution is 5.71. The van der Waals surface area contributed by atoms with Gasteiger partial charge in [-0.25, -0.2) is 10.8 Å². The summed E-state index contributed by atoms with van der Waals surface area (Å²) in [5.41, 5.74) is 1.04. The second-order valence-corrected chi connectivity index (χ2v) is 1.74. The molecule has 0 aliphatic carbocycles. The smallest absolute Gasteiger partial charge is 0.149 e. The first kappa shape index (κ1) is 3.86. The zero-order valence-electron chi connectivity index (χ0n) is 4.20. The van der Waals surface area contributed by atoms with Gasteiger partial charge in [-0.15, -0.1) is 0 Å². The van der Waals surface area contributed by atoms with E-state index in [4.69, 9.17) is 5.84 Å². The number of pyridine rings is 1. The first-order valence-electron chi connectivity index (χ1n) is 2.39. The lowest BCUT2D eigenvalue weighted by atomic mass is 10.3. The maximum atomic E-state index is 5.41. The first-order chi connectivity index (χ1) is 3.88. The van der Waals surface area contributed by atoms with E-state index >= 15 is 0 Å². The van der Waals surface area contributed by atoms with E-state index in [1.165, 1.54) is 0 Å². The summed E-state index contributed by atoms with van der Waals surface area (Å²) in [5.74, 6) is 6.26. The molecule has 0 aromatic carbocycles. The van der Waals surface area contributed by atoms with Gasteiger partial charge >= 0.3 is 0 Å². The monoisotopic (exact) mass is 107 g/mol. The van der Waals surface area contributed by atoms with E-state index in [2.05, 4.69) is 4.98 Å². The van der Waals surface area contributed by atoms with Gasteiger partial charge in [0.25, 0.3) is 0 Å². The third kappa shape index (κ3) is 0.263. The third-order valence-electron chi connectivity index (χ3n) is 1.25. The van der Waals surface area contributed by atoms with Crippen molar-refractivity contribution in [3.05, 3.63) is 18.3 Å². The molecule has 0 radical (unpaired) electrons. The molecule has 0 spiro atoms. The lowest BCUT2D eigenvalue weighted by Gasteiger charge is -2.25. The molecule has 1 aromatic heterocycles. The van der Waals surface area contributed by atoms with Crippen LogP contribution in [0.3, 0.4) is 0 Å². The molecular formula is C5H5N3. The molecule has 1 aromatic rings. The fourth-order valence-corrected chi connectivity index (χ4v) is 0.755. The van der Waals surface area contributed by atoms with Gasteiger partial charge < -0.3 is 0 Å². The fourth-order valence-electron chi connectivity index (χ4n) is 0.755. The van der Waals surface area contributed by atoms with Crippen molar-refractivity contribution in [2.45, 2.75) is 0 Å². The second kappa shape index (κ2) is 1.00.